The molecule has 74 valence electrons. The van der Waals surface area contributed by atoms with Crippen molar-refractivity contribution in [1.29, 1.82) is 5.26 Å². The molecule has 0 aromatic heterocycles. The van der Waals surface area contributed by atoms with Crippen LogP contribution in [0.1, 0.15) is 29.7 Å². The third kappa shape index (κ3) is 2.58. The molecule has 1 aromatic rings. The first-order chi connectivity index (χ1) is 6.65. The SMILES string of the molecule is Cc1ccc(C)c(C(C)NCC#N)c1. The molecule has 0 fully saturated rings. The standard InChI is InChI=1S/C12H16N2/c1-9-4-5-10(2)12(8-9)11(3)14-7-6-13/h4-5,8,11,14H,7H2,1-3H3. The van der Waals surface area contributed by atoms with E-state index in [9.17, 15) is 0 Å². The van der Waals surface area contributed by atoms with E-state index in [1.807, 2.05) is 0 Å². The third-order valence-corrected chi connectivity index (χ3v) is 2.39. The van der Waals surface area contributed by atoms with Gasteiger partial charge < -0.3 is 0 Å². The lowest BCUT2D eigenvalue weighted by Gasteiger charge is -2.15. The van der Waals surface area contributed by atoms with E-state index in [1.165, 1.54) is 16.7 Å². The van der Waals surface area contributed by atoms with Crippen LogP contribution in [0.2, 0.25) is 0 Å². The number of aryl methyl sites for hydroxylation is 2. The van der Waals surface area contributed by atoms with Crippen LogP contribution in [0, 0.1) is 25.2 Å². The lowest BCUT2D eigenvalue weighted by atomic mass is 10.00. The van der Waals surface area contributed by atoms with Crippen molar-refractivity contribution >= 4 is 0 Å². The van der Waals surface area contributed by atoms with Gasteiger partial charge in [0.15, 0.2) is 0 Å². The summed E-state index contributed by atoms with van der Waals surface area (Å²) in [5.74, 6) is 0. The maximum Gasteiger partial charge on any atom is 0.0845 e. The molecule has 0 aliphatic heterocycles. The highest BCUT2D eigenvalue weighted by Crippen LogP contribution is 2.18. The van der Waals surface area contributed by atoms with Gasteiger partial charge in [0, 0.05) is 6.04 Å². The van der Waals surface area contributed by atoms with Crippen molar-refractivity contribution < 1.29 is 0 Å². The summed E-state index contributed by atoms with van der Waals surface area (Å²) in [5, 5.41) is 11.6. The molecule has 0 aliphatic carbocycles. The van der Waals surface area contributed by atoms with E-state index in [-0.39, 0.29) is 6.04 Å². The largest absolute Gasteiger partial charge is 0.298 e. The second-order valence-corrected chi connectivity index (χ2v) is 3.62. The van der Waals surface area contributed by atoms with Crippen LogP contribution in [0.4, 0.5) is 0 Å². The van der Waals surface area contributed by atoms with Gasteiger partial charge >= 0.3 is 0 Å². The minimum atomic E-state index is 0.245. The minimum absolute atomic E-state index is 0.245. The molecule has 0 amide bonds. The molecule has 0 saturated heterocycles. The molecule has 0 bridgehead atoms. The Morgan fingerprint density at radius 3 is 2.79 bits per heavy atom. The number of nitrogens with zero attached hydrogens (tertiary/aromatic N) is 1. The molecule has 0 radical (unpaired) electrons. The molecule has 1 unspecified atom stereocenters. The summed E-state index contributed by atoms with van der Waals surface area (Å²) in [6.45, 7) is 6.66. The van der Waals surface area contributed by atoms with Crippen LogP contribution in [0.15, 0.2) is 18.2 Å². The summed E-state index contributed by atoms with van der Waals surface area (Å²) < 4.78 is 0. The first-order valence-corrected chi connectivity index (χ1v) is 4.82. The minimum Gasteiger partial charge on any atom is -0.298 e. The molecule has 2 nitrogen and oxygen atoms in total. The molecule has 1 N–H and O–H groups in total. The van der Waals surface area contributed by atoms with Crippen molar-refractivity contribution in [1.82, 2.24) is 5.32 Å². The van der Waals surface area contributed by atoms with E-state index in [4.69, 9.17) is 5.26 Å². The summed E-state index contributed by atoms with van der Waals surface area (Å²) in [6, 6.07) is 8.73. The fourth-order valence-electron chi connectivity index (χ4n) is 1.54. The van der Waals surface area contributed by atoms with Crippen LogP contribution >= 0.6 is 0 Å². The first-order valence-electron chi connectivity index (χ1n) is 4.82. The molecule has 1 aromatic carbocycles. The van der Waals surface area contributed by atoms with Crippen LogP contribution in [-0.4, -0.2) is 6.54 Å². The Labute approximate surface area is 85.6 Å². The topological polar surface area (TPSA) is 35.8 Å². The zero-order chi connectivity index (χ0) is 10.6. The molecule has 1 rings (SSSR count). The van der Waals surface area contributed by atoms with Crippen LogP contribution in [0.3, 0.4) is 0 Å². The number of hydrogen-bond donors (Lipinski definition) is 1. The van der Waals surface area contributed by atoms with Gasteiger partial charge in [0.2, 0.25) is 0 Å². The van der Waals surface area contributed by atoms with Crippen molar-refractivity contribution in [3.8, 4) is 6.07 Å². The molecule has 0 saturated carbocycles. The Balaban J connectivity index is 2.83. The van der Waals surface area contributed by atoms with Gasteiger partial charge in [-0.25, -0.2) is 0 Å². The Morgan fingerprint density at radius 1 is 1.43 bits per heavy atom. The highest BCUT2D eigenvalue weighted by molar-refractivity contribution is 5.32. The summed E-state index contributed by atoms with van der Waals surface area (Å²) in [6.07, 6.45) is 0. The van der Waals surface area contributed by atoms with E-state index in [2.05, 4.69) is 50.4 Å². The second kappa shape index (κ2) is 4.78. The molecular formula is C12H16N2. The molecule has 0 heterocycles. The van der Waals surface area contributed by atoms with E-state index < -0.39 is 0 Å². The monoisotopic (exact) mass is 188 g/mol. The number of hydrogen-bond acceptors (Lipinski definition) is 2. The van der Waals surface area contributed by atoms with Gasteiger partial charge in [-0.3, -0.25) is 5.32 Å². The lowest BCUT2D eigenvalue weighted by Crippen LogP contribution is -2.19. The molecule has 1 atom stereocenters. The highest BCUT2D eigenvalue weighted by Gasteiger charge is 2.06. The van der Waals surface area contributed by atoms with Gasteiger partial charge in [0.05, 0.1) is 12.6 Å². The fourth-order valence-corrected chi connectivity index (χ4v) is 1.54. The van der Waals surface area contributed by atoms with Gasteiger partial charge in [-0.05, 0) is 31.9 Å². The highest BCUT2D eigenvalue weighted by atomic mass is 14.9. The molecule has 2 heteroatoms. The summed E-state index contributed by atoms with van der Waals surface area (Å²) in [5.41, 5.74) is 3.81. The van der Waals surface area contributed by atoms with Crippen molar-refractivity contribution in [3.63, 3.8) is 0 Å². The lowest BCUT2D eigenvalue weighted by molar-refractivity contribution is 0.617. The first kappa shape index (κ1) is 10.7. The Hall–Kier alpha value is -1.33. The van der Waals surface area contributed by atoms with E-state index in [0.29, 0.717) is 6.54 Å². The molecule has 14 heavy (non-hydrogen) atoms. The predicted octanol–water partition coefficient (Wildman–Crippen LogP) is 2.48. The van der Waals surface area contributed by atoms with Gasteiger partial charge in [0.1, 0.15) is 0 Å². The molecule has 0 aliphatic rings. The van der Waals surface area contributed by atoms with E-state index in [0.717, 1.165) is 0 Å². The van der Waals surface area contributed by atoms with Crippen LogP contribution in [0.25, 0.3) is 0 Å². The molecular weight excluding hydrogens is 172 g/mol. The Kier molecular flexibility index (Phi) is 3.67. The van der Waals surface area contributed by atoms with Crippen LogP contribution < -0.4 is 5.32 Å². The second-order valence-electron chi connectivity index (χ2n) is 3.62. The van der Waals surface area contributed by atoms with Crippen molar-refractivity contribution in [2.45, 2.75) is 26.8 Å². The van der Waals surface area contributed by atoms with Gasteiger partial charge in [0.25, 0.3) is 0 Å². The number of benzene rings is 1. The van der Waals surface area contributed by atoms with E-state index >= 15 is 0 Å². The zero-order valence-electron chi connectivity index (χ0n) is 8.96. The van der Waals surface area contributed by atoms with Gasteiger partial charge in [-0.2, -0.15) is 5.26 Å². The fraction of sp³-hybridized carbons (Fsp3) is 0.417. The summed E-state index contributed by atoms with van der Waals surface area (Å²) >= 11 is 0. The quantitative estimate of drug-likeness (QED) is 0.740. The number of rotatable bonds is 3. The maximum absolute atomic E-state index is 8.47. The van der Waals surface area contributed by atoms with Gasteiger partial charge in [-0.15, -0.1) is 0 Å². The molecule has 0 spiro atoms. The normalized spacial score (nSPS) is 12.1. The average molecular weight is 188 g/mol. The van der Waals surface area contributed by atoms with Crippen LogP contribution in [-0.2, 0) is 0 Å². The summed E-state index contributed by atoms with van der Waals surface area (Å²) in [4.78, 5) is 0. The third-order valence-electron chi connectivity index (χ3n) is 2.39. The smallest absolute Gasteiger partial charge is 0.0845 e. The van der Waals surface area contributed by atoms with Crippen LogP contribution in [0.5, 0.6) is 0 Å². The van der Waals surface area contributed by atoms with Crippen molar-refractivity contribution in [2.24, 2.45) is 0 Å². The summed E-state index contributed by atoms with van der Waals surface area (Å²) in [7, 11) is 0. The number of nitriles is 1. The number of nitrogens with one attached hydrogen (secondary N) is 1. The van der Waals surface area contributed by atoms with Crippen molar-refractivity contribution in [3.05, 3.63) is 34.9 Å². The van der Waals surface area contributed by atoms with Gasteiger partial charge in [-0.1, -0.05) is 23.8 Å². The van der Waals surface area contributed by atoms with Crippen molar-refractivity contribution in [2.75, 3.05) is 6.54 Å². The predicted molar refractivity (Wildman–Crippen MR) is 57.9 cm³/mol. The van der Waals surface area contributed by atoms with E-state index in [1.54, 1.807) is 0 Å². The average Bonchev–Trinajstić information content (AvgIpc) is 2.18. The zero-order valence-corrected chi connectivity index (χ0v) is 8.96. The maximum atomic E-state index is 8.47. The Morgan fingerprint density at radius 2 is 2.14 bits per heavy atom. The Bertz CT molecular complexity index is 350.